The average molecular weight is 922 g/mol. The molecule has 0 aromatic heterocycles. The van der Waals surface area contributed by atoms with Gasteiger partial charge in [0.1, 0.15) is 23.7 Å². The molecule has 0 saturated carbocycles. The van der Waals surface area contributed by atoms with Gasteiger partial charge < -0.3 is 44.5 Å². The number of rotatable bonds is 26. The average Bonchev–Trinajstić information content (AvgIpc) is 3.18. The van der Waals surface area contributed by atoms with E-state index >= 15 is 0 Å². The summed E-state index contributed by atoms with van der Waals surface area (Å²) in [6, 6.07) is 3.87. The number of hydrogen-bond acceptors (Lipinski definition) is 11. The van der Waals surface area contributed by atoms with E-state index in [1.54, 1.807) is 46.1 Å². The summed E-state index contributed by atoms with van der Waals surface area (Å²) in [5.41, 5.74) is 5.42. The topological polar surface area (TPSA) is 180 Å². The van der Waals surface area contributed by atoms with Crippen molar-refractivity contribution < 1.29 is 47.3 Å². The number of hydrogen-bond donors (Lipinski definition) is 3. The van der Waals surface area contributed by atoms with Gasteiger partial charge in [-0.25, -0.2) is 9.59 Å². The third-order valence-electron chi connectivity index (χ3n) is 12.1. The number of urea groups is 1. The van der Waals surface area contributed by atoms with Crippen molar-refractivity contribution in [3.63, 3.8) is 0 Å². The minimum absolute atomic E-state index is 0.00696. The van der Waals surface area contributed by atoms with E-state index in [1.165, 1.54) is 0 Å². The summed E-state index contributed by atoms with van der Waals surface area (Å²) in [5, 5.41) is 6.13. The van der Waals surface area contributed by atoms with Crippen LogP contribution in [0.25, 0.3) is 0 Å². The van der Waals surface area contributed by atoms with Crippen LogP contribution in [0, 0.1) is 29.6 Å². The van der Waals surface area contributed by atoms with E-state index in [1.807, 2.05) is 27.7 Å². The van der Waals surface area contributed by atoms with Crippen LogP contribution in [0.4, 0.5) is 9.59 Å². The van der Waals surface area contributed by atoms with Crippen molar-refractivity contribution in [3.05, 3.63) is 23.8 Å². The second-order valence-electron chi connectivity index (χ2n) is 20.9. The van der Waals surface area contributed by atoms with Crippen LogP contribution in [0.2, 0.25) is 18.1 Å². The van der Waals surface area contributed by atoms with E-state index in [0.29, 0.717) is 56.5 Å². The maximum atomic E-state index is 14.3. The summed E-state index contributed by atoms with van der Waals surface area (Å²) in [4.78, 5) is 58.3. The normalized spacial score (nSPS) is 16.0. The number of methoxy groups -OCH3 is 1. The van der Waals surface area contributed by atoms with Crippen molar-refractivity contribution in [2.45, 2.75) is 145 Å². The fraction of sp³-hybridized carbons (Fsp3) is 0.792. The molecule has 1 aromatic rings. The molecule has 1 heterocycles. The van der Waals surface area contributed by atoms with Gasteiger partial charge in [-0.2, -0.15) is 0 Å². The fourth-order valence-electron chi connectivity index (χ4n) is 7.16. The predicted octanol–water partition coefficient (Wildman–Crippen LogP) is 8.10. The van der Waals surface area contributed by atoms with Crippen molar-refractivity contribution >= 4 is 32.3 Å². The van der Waals surface area contributed by atoms with E-state index in [2.05, 4.69) is 63.2 Å². The summed E-state index contributed by atoms with van der Waals surface area (Å²) in [6.07, 6.45) is 0.894. The van der Waals surface area contributed by atoms with E-state index < -0.39 is 44.1 Å². The molecule has 5 amide bonds. The molecule has 368 valence electrons. The summed E-state index contributed by atoms with van der Waals surface area (Å²) >= 11 is 0. The molecule has 4 N–H and O–H groups in total. The van der Waals surface area contributed by atoms with Gasteiger partial charge >= 0.3 is 12.1 Å². The number of primary amides is 1. The van der Waals surface area contributed by atoms with Crippen LogP contribution < -0.4 is 25.8 Å². The third-order valence-corrected chi connectivity index (χ3v) is 16.6. The first kappa shape index (κ1) is 56.7. The molecule has 64 heavy (non-hydrogen) atoms. The number of amides is 5. The van der Waals surface area contributed by atoms with Gasteiger partial charge in [-0.05, 0) is 100 Å². The van der Waals surface area contributed by atoms with Crippen LogP contribution in [0.3, 0.4) is 0 Å². The minimum atomic E-state index is -2.56. The van der Waals surface area contributed by atoms with Crippen molar-refractivity contribution in [3.8, 4) is 11.5 Å². The molecule has 1 fully saturated rings. The van der Waals surface area contributed by atoms with Gasteiger partial charge in [0.2, 0.25) is 5.91 Å². The van der Waals surface area contributed by atoms with E-state index in [-0.39, 0.29) is 60.0 Å². The summed E-state index contributed by atoms with van der Waals surface area (Å²) in [6.45, 7) is 33.9. The standard InChI is InChI=1S/C48H87N5O10Si/c1-33(2)32-53(45(49)56)44(55)39(35(5)6)30-42(63-64(14,15)48(10,11)12)40(51-46(57)62-47(7,8)9)28-36(34(3)4)31-50-43(54)38-19-18-37(29-41(38)61-24-17-16-23-58-13)60-27-22-52-20-25-59-26-21-52/h18-19,29,33-36,39-40,42H,16-17,20-28,30-32H2,1-15H3,(H2,49,56)(H,50,54)(H,51,57). The smallest absolute Gasteiger partial charge is 0.407 e. The summed E-state index contributed by atoms with van der Waals surface area (Å²) in [5.74, 6) is -0.568. The van der Waals surface area contributed by atoms with Crippen molar-refractivity contribution in [1.82, 2.24) is 20.4 Å². The van der Waals surface area contributed by atoms with Gasteiger partial charge in [-0.1, -0.05) is 62.3 Å². The maximum Gasteiger partial charge on any atom is 0.407 e. The van der Waals surface area contributed by atoms with Gasteiger partial charge in [0, 0.05) is 58.4 Å². The number of carbonyl (C=O) groups excluding carboxylic acids is 4. The number of morpholine rings is 1. The molecule has 1 aliphatic heterocycles. The molecule has 0 spiro atoms. The van der Waals surface area contributed by atoms with Crippen LogP contribution in [0.15, 0.2) is 18.2 Å². The van der Waals surface area contributed by atoms with Crippen LogP contribution in [0.5, 0.6) is 11.5 Å². The Kier molecular flexibility index (Phi) is 23.6. The molecule has 15 nitrogen and oxygen atoms in total. The highest BCUT2D eigenvalue weighted by Gasteiger charge is 2.44. The van der Waals surface area contributed by atoms with Crippen molar-refractivity contribution in [2.24, 2.45) is 35.3 Å². The van der Waals surface area contributed by atoms with Crippen LogP contribution in [-0.4, -0.2) is 133 Å². The lowest BCUT2D eigenvalue weighted by atomic mass is 9.82. The molecule has 0 radical (unpaired) electrons. The fourth-order valence-corrected chi connectivity index (χ4v) is 8.53. The second-order valence-corrected chi connectivity index (χ2v) is 25.7. The Bertz CT molecular complexity index is 1590. The largest absolute Gasteiger partial charge is 0.493 e. The zero-order valence-electron chi connectivity index (χ0n) is 42.2. The summed E-state index contributed by atoms with van der Waals surface area (Å²) < 4.78 is 36.1. The Morgan fingerprint density at radius 2 is 1.53 bits per heavy atom. The number of alkyl carbamates (subject to hydrolysis) is 1. The number of ether oxygens (including phenoxy) is 5. The zero-order valence-corrected chi connectivity index (χ0v) is 43.2. The first-order valence-corrected chi connectivity index (χ1v) is 26.4. The number of nitrogens with zero attached hydrogens (tertiary/aromatic N) is 2. The van der Waals surface area contributed by atoms with Gasteiger partial charge in [0.05, 0.1) is 37.5 Å². The lowest BCUT2D eigenvalue weighted by molar-refractivity contribution is -0.135. The Balaban J connectivity index is 2.54. The van der Waals surface area contributed by atoms with Gasteiger partial charge in [-0.3, -0.25) is 19.4 Å². The Hall–Kier alpha value is -3.44. The maximum absolute atomic E-state index is 14.3. The monoisotopic (exact) mass is 922 g/mol. The van der Waals surface area contributed by atoms with Gasteiger partial charge in [0.25, 0.3) is 5.91 Å². The molecule has 1 aromatic carbocycles. The number of benzene rings is 1. The number of nitrogens with one attached hydrogen (secondary N) is 2. The number of carbonyl (C=O) groups is 4. The Morgan fingerprint density at radius 1 is 0.891 bits per heavy atom. The predicted molar refractivity (Wildman–Crippen MR) is 255 cm³/mol. The van der Waals surface area contributed by atoms with Crippen molar-refractivity contribution in [2.75, 3.05) is 72.9 Å². The molecule has 1 saturated heterocycles. The highest BCUT2D eigenvalue weighted by Crippen LogP contribution is 2.40. The molecule has 0 bridgehead atoms. The first-order valence-electron chi connectivity index (χ1n) is 23.5. The molecule has 4 atom stereocenters. The van der Waals surface area contributed by atoms with Crippen molar-refractivity contribution in [1.29, 1.82) is 0 Å². The first-order chi connectivity index (χ1) is 29.8. The number of nitrogens with two attached hydrogens (primary N) is 1. The van der Waals surface area contributed by atoms with Gasteiger partial charge in [0.15, 0.2) is 8.32 Å². The molecule has 1 aliphatic rings. The molecule has 2 rings (SSSR count). The lowest BCUT2D eigenvalue weighted by Crippen LogP contribution is -2.55. The second kappa shape index (κ2) is 26.6. The van der Waals surface area contributed by atoms with Gasteiger partial charge in [-0.15, -0.1) is 0 Å². The minimum Gasteiger partial charge on any atom is -0.493 e. The SMILES string of the molecule is COCCCCOc1cc(OCCN2CCOCC2)ccc1C(=O)NCC(CC(NC(=O)OC(C)(C)C)C(CC(C(=O)N(CC(C)C)C(N)=O)C(C)C)O[Si](C)(C)C(C)(C)C)C(C)C. The van der Waals surface area contributed by atoms with Crippen LogP contribution >= 0.6 is 0 Å². The quantitative estimate of drug-likeness (QED) is 0.0604. The molecule has 0 aliphatic carbocycles. The molecular weight excluding hydrogens is 835 g/mol. The number of imide groups is 1. The highest BCUT2D eigenvalue weighted by molar-refractivity contribution is 6.74. The molecule has 4 unspecified atom stereocenters. The third kappa shape index (κ3) is 20.0. The molecule has 16 heteroatoms. The van der Waals surface area contributed by atoms with E-state index in [0.717, 1.165) is 37.4 Å². The van der Waals surface area contributed by atoms with E-state index in [4.69, 9.17) is 33.8 Å². The van der Waals surface area contributed by atoms with E-state index in [9.17, 15) is 19.2 Å². The highest BCUT2D eigenvalue weighted by atomic mass is 28.4. The Morgan fingerprint density at radius 3 is 2.08 bits per heavy atom. The van der Waals surface area contributed by atoms with Crippen LogP contribution in [-0.2, 0) is 23.4 Å². The lowest BCUT2D eigenvalue weighted by Gasteiger charge is -2.44. The van der Waals surface area contributed by atoms with Crippen LogP contribution in [0.1, 0.15) is 119 Å². The molecular formula is C48H87N5O10Si. The Labute approximate surface area is 387 Å². The number of unbranched alkanes of at least 4 members (excludes halogenated alkanes) is 1. The summed E-state index contributed by atoms with van der Waals surface area (Å²) in [7, 11) is -0.897. The zero-order chi connectivity index (χ0) is 48.4.